The molecule has 2 heterocycles. The first-order valence-corrected chi connectivity index (χ1v) is 14.4. The highest BCUT2D eigenvalue weighted by atomic mass is 32.1. The van der Waals surface area contributed by atoms with E-state index >= 15 is 0 Å². The largest absolute Gasteiger partial charge is 0.391 e. The Kier molecular flexibility index (Phi) is 19.5. The number of nitrogens with one attached hydrogen (secondary N) is 2. The lowest BCUT2D eigenvalue weighted by Gasteiger charge is -2.16. The number of thiazole rings is 1. The van der Waals surface area contributed by atoms with Gasteiger partial charge in [-0.1, -0.05) is 58.9 Å². The van der Waals surface area contributed by atoms with E-state index in [0.29, 0.717) is 32.5 Å². The summed E-state index contributed by atoms with van der Waals surface area (Å²) in [5.74, 6) is 0.367. The summed E-state index contributed by atoms with van der Waals surface area (Å²) in [4.78, 5) is 40.0. The first-order chi connectivity index (χ1) is 18.5. The molecule has 1 aliphatic heterocycles. The Morgan fingerprint density at radius 2 is 1.79 bits per heavy atom. The molecule has 1 aromatic heterocycles. The van der Waals surface area contributed by atoms with Crippen molar-refractivity contribution in [3.63, 3.8) is 0 Å². The number of benzene rings is 1. The smallest absolute Gasteiger partial charge is 0.246 e. The fraction of sp³-hybridized carbons (Fsp3) is 0.586. The Labute approximate surface area is 238 Å². The molecule has 3 rings (SSSR count). The summed E-state index contributed by atoms with van der Waals surface area (Å²) in [6, 6.07) is 8.15. The number of likely N-dealkylation sites (tertiary alicyclic amines) is 1. The summed E-state index contributed by atoms with van der Waals surface area (Å²) >= 11 is 1.64. The van der Waals surface area contributed by atoms with Crippen LogP contribution in [0.5, 0.6) is 0 Å². The number of hydrogen-bond acceptors (Lipinski definition) is 7. The van der Waals surface area contributed by atoms with E-state index in [1.54, 1.807) is 16.2 Å². The van der Waals surface area contributed by atoms with Gasteiger partial charge < -0.3 is 25.4 Å². The van der Waals surface area contributed by atoms with Gasteiger partial charge in [-0.25, -0.2) is 4.98 Å². The van der Waals surface area contributed by atoms with Crippen molar-refractivity contribution in [2.75, 3.05) is 26.2 Å². The Balaban J connectivity index is 0.000000617. The molecule has 10 heteroatoms. The van der Waals surface area contributed by atoms with Crippen LogP contribution in [0.15, 0.2) is 29.8 Å². The third-order valence-corrected chi connectivity index (χ3v) is 5.83. The predicted octanol–water partition coefficient (Wildman–Crippen LogP) is 4.17. The Morgan fingerprint density at radius 3 is 2.26 bits per heavy atom. The minimum Gasteiger partial charge on any atom is -0.391 e. The fourth-order valence-electron chi connectivity index (χ4n) is 3.06. The molecule has 1 fully saturated rings. The van der Waals surface area contributed by atoms with E-state index in [1.165, 1.54) is 10.4 Å². The molecular weight excluding hydrogens is 516 g/mol. The van der Waals surface area contributed by atoms with E-state index in [4.69, 9.17) is 4.74 Å². The second kappa shape index (κ2) is 21.1. The molecule has 9 nitrogen and oxygen atoms in total. The van der Waals surface area contributed by atoms with Crippen LogP contribution >= 0.6 is 11.3 Å². The molecule has 0 saturated carbocycles. The summed E-state index contributed by atoms with van der Waals surface area (Å²) in [7, 11) is 0. The van der Waals surface area contributed by atoms with Crippen LogP contribution < -0.4 is 10.6 Å². The molecule has 0 bridgehead atoms. The average Bonchev–Trinajstić information content (AvgIpc) is 3.54. The van der Waals surface area contributed by atoms with Crippen LogP contribution in [0.25, 0.3) is 10.4 Å². The minimum atomic E-state index is -0.432. The van der Waals surface area contributed by atoms with Gasteiger partial charge in [0.05, 0.1) is 34.8 Å². The molecule has 3 N–H and O–H groups in total. The number of hydrogen-bond donors (Lipinski definition) is 3. The first-order valence-electron chi connectivity index (χ1n) is 13.5. The lowest BCUT2D eigenvalue weighted by atomic mass is 10.1. The SMILES string of the molecule is CC.CC(C)C.CC(C)OCC(=O)NCC(=O)N1CCC(O)C1.Cc1ncsc1-c1ccc(CNC=O)cc1. The number of aromatic nitrogens is 1. The van der Waals surface area contributed by atoms with Gasteiger partial charge in [0, 0.05) is 19.6 Å². The van der Waals surface area contributed by atoms with Crippen LogP contribution in [-0.4, -0.2) is 71.7 Å². The number of rotatable bonds is 9. The summed E-state index contributed by atoms with van der Waals surface area (Å²) in [5.41, 5.74) is 5.18. The molecule has 1 aromatic carbocycles. The van der Waals surface area contributed by atoms with Crippen LogP contribution in [0, 0.1) is 12.8 Å². The van der Waals surface area contributed by atoms with Gasteiger partial charge in [-0.3, -0.25) is 14.4 Å². The molecule has 0 radical (unpaired) electrons. The number of β-amino-alcohol motifs (C(OH)–C–C–N with tert-alkyl or cyclic N) is 1. The number of aryl methyl sites for hydroxylation is 1. The van der Waals surface area contributed by atoms with Crippen molar-refractivity contribution in [1.82, 2.24) is 20.5 Å². The number of amides is 3. The van der Waals surface area contributed by atoms with Crippen molar-refractivity contribution in [3.05, 3.63) is 41.0 Å². The van der Waals surface area contributed by atoms with E-state index in [9.17, 15) is 19.5 Å². The predicted molar refractivity (Wildman–Crippen MR) is 158 cm³/mol. The number of carbonyl (C=O) groups excluding carboxylic acids is 3. The summed E-state index contributed by atoms with van der Waals surface area (Å²) in [6.45, 7) is 17.6. The molecule has 1 aliphatic rings. The highest BCUT2D eigenvalue weighted by molar-refractivity contribution is 7.13. The third-order valence-electron chi connectivity index (χ3n) is 4.85. The third kappa shape index (κ3) is 16.7. The Bertz CT molecular complexity index is 945. The number of carbonyl (C=O) groups is 3. The maximum Gasteiger partial charge on any atom is 0.246 e. The van der Waals surface area contributed by atoms with Crippen LogP contribution in [0.1, 0.15) is 66.1 Å². The lowest BCUT2D eigenvalue weighted by molar-refractivity contribution is -0.134. The van der Waals surface area contributed by atoms with Crippen LogP contribution in [0.4, 0.5) is 0 Å². The number of ether oxygens (including phenoxy) is 1. The zero-order valence-corrected chi connectivity index (χ0v) is 25.6. The van der Waals surface area contributed by atoms with Crippen molar-refractivity contribution in [2.24, 2.45) is 5.92 Å². The van der Waals surface area contributed by atoms with Crippen LogP contribution in [0.2, 0.25) is 0 Å². The number of nitrogens with zero attached hydrogens (tertiary/aromatic N) is 2. The molecule has 1 unspecified atom stereocenters. The van der Waals surface area contributed by atoms with Crippen LogP contribution in [0.3, 0.4) is 0 Å². The molecule has 0 spiro atoms. The van der Waals surface area contributed by atoms with E-state index in [1.807, 2.05) is 52.3 Å². The molecular formula is C29H48N4O5S. The minimum absolute atomic E-state index is 0.00909. The second-order valence-electron chi connectivity index (χ2n) is 9.61. The molecule has 3 amide bonds. The first kappa shape index (κ1) is 36.2. The van der Waals surface area contributed by atoms with Crippen LogP contribution in [-0.2, 0) is 25.7 Å². The van der Waals surface area contributed by atoms with E-state index in [2.05, 4.69) is 48.5 Å². The lowest BCUT2D eigenvalue weighted by Crippen LogP contribution is -2.40. The topological polar surface area (TPSA) is 121 Å². The zero-order valence-electron chi connectivity index (χ0n) is 24.8. The fourth-order valence-corrected chi connectivity index (χ4v) is 3.87. The Morgan fingerprint density at radius 1 is 1.18 bits per heavy atom. The van der Waals surface area contributed by atoms with Crippen molar-refractivity contribution in [2.45, 2.75) is 80.6 Å². The van der Waals surface area contributed by atoms with Gasteiger partial charge in [0.1, 0.15) is 6.61 Å². The normalized spacial score (nSPS) is 13.8. The van der Waals surface area contributed by atoms with Gasteiger partial charge in [0.15, 0.2) is 0 Å². The Hall–Kier alpha value is -2.82. The maximum atomic E-state index is 11.6. The summed E-state index contributed by atoms with van der Waals surface area (Å²) < 4.78 is 5.10. The van der Waals surface area contributed by atoms with Crippen molar-refractivity contribution < 1.29 is 24.2 Å². The molecule has 220 valence electrons. The quantitative estimate of drug-likeness (QED) is 0.393. The van der Waals surface area contributed by atoms with Gasteiger partial charge >= 0.3 is 0 Å². The van der Waals surface area contributed by atoms with Crippen molar-refractivity contribution >= 4 is 29.6 Å². The zero-order chi connectivity index (χ0) is 29.8. The molecule has 2 aromatic rings. The molecule has 1 saturated heterocycles. The number of aliphatic hydroxyl groups excluding tert-OH is 1. The highest BCUT2D eigenvalue weighted by Crippen LogP contribution is 2.27. The molecule has 0 aliphatic carbocycles. The average molecular weight is 565 g/mol. The summed E-state index contributed by atoms with van der Waals surface area (Å²) in [5, 5.41) is 14.4. The van der Waals surface area contributed by atoms with Gasteiger partial charge in [-0.05, 0) is 44.2 Å². The van der Waals surface area contributed by atoms with Gasteiger partial charge in [0.25, 0.3) is 0 Å². The number of aliphatic hydroxyl groups is 1. The van der Waals surface area contributed by atoms with E-state index < -0.39 is 6.10 Å². The van der Waals surface area contributed by atoms with Gasteiger partial charge in [-0.2, -0.15) is 0 Å². The summed E-state index contributed by atoms with van der Waals surface area (Å²) in [6.07, 6.45) is 0.876. The van der Waals surface area contributed by atoms with E-state index in [-0.39, 0.29) is 31.1 Å². The van der Waals surface area contributed by atoms with Gasteiger partial charge in [0.2, 0.25) is 18.2 Å². The highest BCUT2D eigenvalue weighted by Gasteiger charge is 2.24. The maximum absolute atomic E-state index is 11.6. The van der Waals surface area contributed by atoms with Crippen molar-refractivity contribution in [3.8, 4) is 10.4 Å². The van der Waals surface area contributed by atoms with Crippen molar-refractivity contribution in [1.29, 1.82) is 0 Å². The monoisotopic (exact) mass is 564 g/mol. The van der Waals surface area contributed by atoms with Gasteiger partial charge in [-0.15, -0.1) is 11.3 Å². The molecule has 1 atom stereocenters. The standard InChI is InChI=1S/C12H12N2OS.C11H20N2O4.C4H10.C2H6/c1-9-12(16-8-14-9)11-4-2-10(3-5-11)6-13-7-15;1-8(2)17-7-10(15)12-5-11(16)13-4-3-9(14)6-13;1-4(2)3;1-2/h2-5,7-8H,6H2,1H3,(H,13,15);8-9,14H,3-7H2,1-2H3,(H,12,15);4H,1-3H3;1-2H3. The van der Waals surface area contributed by atoms with E-state index in [0.717, 1.165) is 17.2 Å². The second-order valence-corrected chi connectivity index (χ2v) is 10.5. The molecule has 39 heavy (non-hydrogen) atoms.